The SMILES string of the molecule is O[N+]1=C[C@@H](OCc2ccccc2)[C@@H](OCc2ccccc2)C1. The maximum absolute atomic E-state index is 9.68. The minimum Gasteiger partial charge on any atom is -0.363 e. The van der Waals surface area contributed by atoms with Gasteiger partial charge < -0.3 is 9.47 Å². The van der Waals surface area contributed by atoms with Crippen molar-refractivity contribution in [1.82, 2.24) is 0 Å². The van der Waals surface area contributed by atoms with Crippen molar-refractivity contribution in [2.45, 2.75) is 25.4 Å². The summed E-state index contributed by atoms with van der Waals surface area (Å²) in [6.07, 6.45) is 1.25. The van der Waals surface area contributed by atoms with Crippen LogP contribution in [-0.4, -0.2) is 34.9 Å². The van der Waals surface area contributed by atoms with Gasteiger partial charge in [-0.25, -0.2) is 0 Å². The molecule has 2 atom stereocenters. The predicted octanol–water partition coefficient (Wildman–Crippen LogP) is 2.64. The first-order valence-corrected chi connectivity index (χ1v) is 7.43. The van der Waals surface area contributed by atoms with Gasteiger partial charge in [0.05, 0.1) is 13.2 Å². The summed E-state index contributed by atoms with van der Waals surface area (Å²) >= 11 is 0. The highest BCUT2D eigenvalue weighted by molar-refractivity contribution is 5.60. The molecular weight excluding hydrogens is 278 g/mol. The third-order valence-electron chi connectivity index (χ3n) is 3.64. The number of hydrogen-bond donors (Lipinski definition) is 1. The van der Waals surface area contributed by atoms with Crippen molar-refractivity contribution in [1.29, 1.82) is 0 Å². The van der Waals surface area contributed by atoms with Gasteiger partial charge in [-0.15, -0.1) is 0 Å². The normalized spacial score (nSPS) is 20.8. The van der Waals surface area contributed by atoms with Gasteiger partial charge in [0.1, 0.15) is 0 Å². The summed E-state index contributed by atoms with van der Waals surface area (Å²) < 4.78 is 12.9. The molecule has 2 aromatic rings. The van der Waals surface area contributed by atoms with Gasteiger partial charge in [0, 0.05) is 0 Å². The molecule has 0 radical (unpaired) electrons. The van der Waals surface area contributed by atoms with Crippen LogP contribution in [0.25, 0.3) is 0 Å². The van der Waals surface area contributed by atoms with E-state index in [9.17, 15) is 5.21 Å². The van der Waals surface area contributed by atoms with E-state index in [1.165, 1.54) is 0 Å². The van der Waals surface area contributed by atoms with Gasteiger partial charge in [-0.1, -0.05) is 60.7 Å². The zero-order valence-corrected chi connectivity index (χ0v) is 12.3. The summed E-state index contributed by atoms with van der Waals surface area (Å²) in [5.74, 6) is 0. The maximum atomic E-state index is 9.68. The lowest BCUT2D eigenvalue weighted by atomic mass is 10.2. The predicted molar refractivity (Wildman–Crippen MR) is 83.0 cm³/mol. The lowest BCUT2D eigenvalue weighted by molar-refractivity contribution is -0.769. The van der Waals surface area contributed by atoms with E-state index >= 15 is 0 Å². The van der Waals surface area contributed by atoms with Crippen LogP contribution in [0.4, 0.5) is 0 Å². The molecule has 0 unspecified atom stereocenters. The van der Waals surface area contributed by atoms with Crippen LogP contribution in [0.1, 0.15) is 11.1 Å². The number of rotatable bonds is 6. The topological polar surface area (TPSA) is 41.7 Å². The molecule has 0 saturated carbocycles. The number of hydrogen-bond acceptors (Lipinski definition) is 3. The smallest absolute Gasteiger partial charge is 0.224 e. The van der Waals surface area contributed by atoms with Crippen molar-refractivity contribution in [3.63, 3.8) is 0 Å². The van der Waals surface area contributed by atoms with Gasteiger partial charge in [-0.05, 0) is 15.9 Å². The molecule has 3 rings (SSSR count). The van der Waals surface area contributed by atoms with Crippen LogP contribution in [0.15, 0.2) is 60.7 Å². The average Bonchev–Trinajstić information content (AvgIpc) is 2.93. The summed E-state index contributed by atoms with van der Waals surface area (Å²) in [4.78, 5) is 0. The molecule has 0 bridgehead atoms. The van der Waals surface area contributed by atoms with E-state index in [-0.39, 0.29) is 12.2 Å². The van der Waals surface area contributed by atoms with Gasteiger partial charge in [0.15, 0.2) is 12.2 Å². The van der Waals surface area contributed by atoms with E-state index in [0.717, 1.165) is 15.9 Å². The standard InChI is InChI=1S/C18H20NO3/c20-19-11-17(21-13-15-7-3-1-4-8-15)18(12-19)22-14-16-9-5-2-6-10-16/h1-11,17-18,20H,12-14H2/q+1/t17-,18+/m1/s1. The van der Waals surface area contributed by atoms with E-state index in [2.05, 4.69) is 0 Å². The van der Waals surface area contributed by atoms with E-state index in [0.29, 0.717) is 19.8 Å². The lowest BCUT2D eigenvalue weighted by Gasteiger charge is -2.16. The van der Waals surface area contributed by atoms with Crippen LogP contribution in [0.5, 0.6) is 0 Å². The Morgan fingerprint density at radius 3 is 2.00 bits per heavy atom. The largest absolute Gasteiger partial charge is 0.363 e. The molecule has 0 saturated heterocycles. The fourth-order valence-electron chi connectivity index (χ4n) is 2.46. The molecule has 0 fully saturated rings. The highest BCUT2D eigenvalue weighted by Crippen LogP contribution is 2.14. The molecule has 0 spiro atoms. The molecule has 4 heteroatoms. The van der Waals surface area contributed by atoms with Gasteiger partial charge in [0.2, 0.25) is 12.8 Å². The van der Waals surface area contributed by atoms with Crippen LogP contribution < -0.4 is 0 Å². The van der Waals surface area contributed by atoms with Crippen LogP contribution in [0.2, 0.25) is 0 Å². The Kier molecular flexibility index (Phi) is 4.83. The molecule has 1 aliphatic heterocycles. The molecule has 0 amide bonds. The van der Waals surface area contributed by atoms with Gasteiger partial charge in [-0.2, -0.15) is 0 Å². The Morgan fingerprint density at radius 2 is 1.41 bits per heavy atom. The van der Waals surface area contributed by atoms with E-state index in [1.807, 2.05) is 60.7 Å². The second kappa shape index (κ2) is 7.20. The minimum atomic E-state index is -0.242. The Bertz CT molecular complexity index is 613. The molecule has 22 heavy (non-hydrogen) atoms. The summed E-state index contributed by atoms with van der Waals surface area (Å²) in [7, 11) is 0. The van der Waals surface area contributed by atoms with Crippen LogP contribution >= 0.6 is 0 Å². The zero-order chi connectivity index (χ0) is 15.2. The van der Waals surface area contributed by atoms with E-state index < -0.39 is 0 Å². The second-order valence-electron chi connectivity index (χ2n) is 5.37. The fraction of sp³-hybridized carbons (Fsp3) is 0.278. The number of benzene rings is 2. The summed E-state index contributed by atoms with van der Waals surface area (Å²) in [5.41, 5.74) is 2.22. The van der Waals surface area contributed by atoms with Crippen LogP contribution in [0, 0.1) is 0 Å². The van der Waals surface area contributed by atoms with E-state index in [4.69, 9.17) is 9.47 Å². The Hall–Kier alpha value is -2.17. The third-order valence-corrected chi connectivity index (χ3v) is 3.64. The molecule has 1 aliphatic rings. The highest BCUT2D eigenvalue weighted by Gasteiger charge is 2.36. The summed E-state index contributed by atoms with van der Waals surface area (Å²) in [6, 6.07) is 20.0. The van der Waals surface area contributed by atoms with Gasteiger partial charge >= 0.3 is 0 Å². The van der Waals surface area contributed by atoms with Gasteiger partial charge in [-0.3, -0.25) is 5.21 Å². The average molecular weight is 298 g/mol. The van der Waals surface area contributed by atoms with Crippen molar-refractivity contribution < 1.29 is 19.4 Å². The second-order valence-corrected chi connectivity index (χ2v) is 5.37. The molecule has 0 aliphatic carbocycles. The summed E-state index contributed by atoms with van der Waals surface area (Å²) in [5, 5.41) is 9.68. The van der Waals surface area contributed by atoms with E-state index in [1.54, 1.807) is 6.21 Å². The van der Waals surface area contributed by atoms with Crippen molar-refractivity contribution in [2.24, 2.45) is 0 Å². The monoisotopic (exact) mass is 298 g/mol. The minimum absolute atomic E-state index is 0.172. The molecule has 1 heterocycles. The van der Waals surface area contributed by atoms with Crippen molar-refractivity contribution in [3.05, 3.63) is 71.8 Å². The first-order chi connectivity index (χ1) is 10.8. The zero-order valence-electron chi connectivity index (χ0n) is 12.3. The number of nitrogens with zero attached hydrogens (tertiary/aromatic N) is 1. The maximum Gasteiger partial charge on any atom is 0.224 e. The molecule has 4 nitrogen and oxygen atoms in total. The number of hydroxylamine groups is 1. The van der Waals surface area contributed by atoms with Crippen molar-refractivity contribution >= 4 is 6.21 Å². The Labute approximate surface area is 130 Å². The highest BCUT2D eigenvalue weighted by atomic mass is 16.6. The van der Waals surface area contributed by atoms with Crippen molar-refractivity contribution in [2.75, 3.05) is 6.54 Å². The lowest BCUT2D eigenvalue weighted by Crippen LogP contribution is -2.31. The molecule has 2 aromatic carbocycles. The van der Waals surface area contributed by atoms with Gasteiger partial charge in [0.25, 0.3) is 0 Å². The molecule has 0 aromatic heterocycles. The van der Waals surface area contributed by atoms with Crippen molar-refractivity contribution in [3.8, 4) is 0 Å². The van der Waals surface area contributed by atoms with Crippen LogP contribution in [0.3, 0.4) is 0 Å². The Morgan fingerprint density at radius 1 is 0.864 bits per heavy atom. The third kappa shape index (κ3) is 3.93. The van der Waals surface area contributed by atoms with Crippen LogP contribution in [-0.2, 0) is 22.7 Å². The number of ether oxygens (including phenoxy) is 2. The fourth-order valence-corrected chi connectivity index (χ4v) is 2.46. The Balaban J connectivity index is 1.54. The summed E-state index contributed by atoms with van der Waals surface area (Å²) in [6.45, 7) is 1.44. The first kappa shape index (κ1) is 14.8. The quantitative estimate of drug-likeness (QED) is 0.658. The molecular formula is C18H20NO3+. The molecule has 1 N–H and O–H groups in total. The first-order valence-electron chi connectivity index (χ1n) is 7.43. The molecule has 114 valence electrons.